The van der Waals surface area contributed by atoms with Crippen molar-refractivity contribution in [1.82, 2.24) is 19.2 Å². The van der Waals surface area contributed by atoms with Gasteiger partial charge in [-0.25, -0.2) is 4.98 Å². The summed E-state index contributed by atoms with van der Waals surface area (Å²) in [5.74, 6) is -0.165. The van der Waals surface area contributed by atoms with Gasteiger partial charge in [0, 0.05) is 44.9 Å². The molecule has 3 aliphatic rings. The monoisotopic (exact) mass is 440 g/mol. The highest BCUT2D eigenvalue weighted by atomic mass is 16.7. The number of likely N-dealkylation sites (tertiary alicyclic amines) is 1. The Morgan fingerprint density at radius 2 is 1.84 bits per heavy atom. The molecule has 2 amide bonds. The zero-order valence-corrected chi connectivity index (χ0v) is 18.6. The van der Waals surface area contributed by atoms with Gasteiger partial charge >= 0.3 is 0 Å². The van der Waals surface area contributed by atoms with Gasteiger partial charge in [0.25, 0.3) is 5.91 Å². The maximum absolute atomic E-state index is 13.6. The van der Waals surface area contributed by atoms with E-state index in [9.17, 15) is 9.59 Å². The first-order valence-electron chi connectivity index (χ1n) is 11.9. The standard InChI is InChI=1S/C24H32N4O4/c29-22(26-12-9-24(10-13-26)31-15-16-32-24)18-27(17-19-5-2-1-3-6-19)23(30)20-7-4-8-21-25-11-14-28(20)21/h4,7-8,11,14,19H,1-3,5-6,9-10,12-13,15-18H2. The molecule has 2 aromatic rings. The number of hydrogen-bond donors (Lipinski definition) is 0. The first-order chi connectivity index (χ1) is 15.6. The number of amides is 2. The van der Waals surface area contributed by atoms with E-state index in [0.717, 1.165) is 18.5 Å². The van der Waals surface area contributed by atoms with Gasteiger partial charge in [0.15, 0.2) is 5.79 Å². The zero-order chi connectivity index (χ0) is 22.0. The minimum absolute atomic E-state index is 0.000174. The molecule has 0 bridgehead atoms. The Morgan fingerprint density at radius 3 is 2.59 bits per heavy atom. The van der Waals surface area contributed by atoms with E-state index < -0.39 is 5.79 Å². The largest absolute Gasteiger partial charge is 0.347 e. The first-order valence-corrected chi connectivity index (χ1v) is 11.9. The smallest absolute Gasteiger partial charge is 0.271 e. The maximum atomic E-state index is 13.6. The van der Waals surface area contributed by atoms with Crippen LogP contribution in [0.25, 0.3) is 5.65 Å². The molecular weight excluding hydrogens is 408 g/mol. The highest BCUT2D eigenvalue weighted by Crippen LogP contribution is 2.31. The minimum atomic E-state index is -0.508. The first kappa shape index (κ1) is 21.4. The molecule has 0 unspecified atom stereocenters. The number of ether oxygens (including phenoxy) is 2. The maximum Gasteiger partial charge on any atom is 0.271 e. The highest BCUT2D eigenvalue weighted by molar-refractivity contribution is 5.95. The molecule has 1 aliphatic carbocycles. The second-order valence-electron chi connectivity index (χ2n) is 9.24. The van der Waals surface area contributed by atoms with Gasteiger partial charge < -0.3 is 19.3 Å². The van der Waals surface area contributed by atoms with E-state index in [1.807, 2.05) is 23.1 Å². The lowest BCUT2D eigenvalue weighted by atomic mass is 9.89. The van der Waals surface area contributed by atoms with Crippen LogP contribution < -0.4 is 0 Å². The molecule has 8 heteroatoms. The number of piperidine rings is 1. The number of nitrogens with zero attached hydrogens (tertiary/aromatic N) is 4. The lowest BCUT2D eigenvalue weighted by Crippen LogP contribution is -2.51. The van der Waals surface area contributed by atoms with E-state index >= 15 is 0 Å². The van der Waals surface area contributed by atoms with Crippen molar-refractivity contribution in [2.45, 2.75) is 50.7 Å². The van der Waals surface area contributed by atoms with Crippen molar-refractivity contribution in [2.75, 3.05) is 39.4 Å². The molecule has 0 atom stereocenters. The minimum Gasteiger partial charge on any atom is -0.347 e. The van der Waals surface area contributed by atoms with Crippen LogP contribution in [-0.4, -0.2) is 76.2 Å². The summed E-state index contributed by atoms with van der Waals surface area (Å²) in [6.07, 6.45) is 10.8. The Kier molecular flexibility index (Phi) is 6.15. The van der Waals surface area contributed by atoms with Crippen molar-refractivity contribution >= 4 is 17.5 Å². The average Bonchev–Trinajstić information content (AvgIpc) is 3.49. The number of imidazole rings is 1. The van der Waals surface area contributed by atoms with Gasteiger partial charge in [-0.1, -0.05) is 25.3 Å². The van der Waals surface area contributed by atoms with Crippen LogP contribution >= 0.6 is 0 Å². The van der Waals surface area contributed by atoms with Crippen LogP contribution in [0.4, 0.5) is 0 Å². The molecular formula is C24H32N4O4. The number of carbonyl (C=O) groups excluding carboxylic acids is 2. The van der Waals surface area contributed by atoms with E-state index in [-0.39, 0.29) is 18.4 Å². The summed E-state index contributed by atoms with van der Waals surface area (Å²) in [5, 5.41) is 0. The summed E-state index contributed by atoms with van der Waals surface area (Å²) in [7, 11) is 0. The van der Waals surface area contributed by atoms with Crippen molar-refractivity contribution in [2.24, 2.45) is 5.92 Å². The van der Waals surface area contributed by atoms with E-state index in [1.165, 1.54) is 19.3 Å². The van der Waals surface area contributed by atoms with Gasteiger partial charge in [-0.15, -0.1) is 0 Å². The Morgan fingerprint density at radius 1 is 1.09 bits per heavy atom. The molecule has 5 rings (SSSR count). The molecule has 2 saturated heterocycles. The van der Waals surface area contributed by atoms with Crippen molar-refractivity contribution in [3.63, 3.8) is 0 Å². The fraction of sp³-hybridized carbons (Fsp3) is 0.625. The molecule has 0 aromatic carbocycles. The van der Waals surface area contributed by atoms with Crippen molar-refractivity contribution in [3.8, 4) is 0 Å². The van der Waals surface area contributed by atoms with Gasteiger partial charge in [-0.05, 0) is 30.9 Å². The van der Waals surface area contributed by atoms with E-state index in [0.29, 0.717) is 57.3 Å². The fourth-order valence-electron chi connectivity index (χ4n) is 5.33. The van der Waals surface area contributed by atoms with Gasteiger partial charge in [0.1, 0.15) is 17.9 Å². The van der Waals surface area contributed by atoms with Gasteiger partial charge in [-0.3, -0.25) is 14.0 Å². The molecule has 4 heterocycles. The lowest BCUT2D eigenvalue weighted by molar-refractivity contribution is -0.187. The molecule has 1 saturated carbocycles. The summed E-state index contributed by atoms with van der Waals surface area (Å²) in [5.41, 5.74) is 1.28. The fourth-order valence-corrected chi connectivity index (χ4v) is 5.33. The normalized spacial score (nSPS) is 21.3. The summed E-state index contributed by atoms with van der Waals surface area (Å²) in [6, 6.07) is 5.54. The topological polar surface area (TPSA) is 76.4 Å². The predicted molar refractivity (Wildman–Crippen MR) is 118 cm³/mol. The third-order valence-electron chi connectivity index (χ3n) is 7.16. The number of rotatable bonds is 5. The van der Waals surface area contributed by atoms with E-state index in [1.54, 1.807) is 21.7 Å². The molecule has 172 valence electrons. The summed E-state index contributed by atoms with van der Waals surface area (Å²) in [6.45, 7) is 3.17. The predicted octanol–water partition coefficient (Wildman–Crippen LogP) is 2.72. The number of carbonyl (C=O) groups is 2. The van der Waals surface area contributed by atoms with Crippen molar-refractivity contribution < 1.29 is 19.1 Å². The van der Waals surface area contributed by atoms with E-state index in [2.05, 4.69) is 4.98 Å². The second-order valence-corrected chi connectivity index (χ2v) is 9.24. The van der Waals surface area contributed by atoms with Crippen molar-refractivity contribution in [1.29, 1.82) is 0 Å². The Bertz CT molecular complexity index is 952. The number of fused-ring (bicyclic) bond motifs is 1. The second kappa shape index (κ2) is 9.19. The Labute approximate surface area is 188 Å². The van der Waals surface area contributed by atoms with Crippen LogP contribution in [0.1, 0.15) is 55.4 Å². The molecule has 32 heavy (non-hydrogen) atoms. The summed E-state index contributed by atoms with van der Waals surface area (Å²) < 4.78 is 13.4. The van der Waals surface area contributed by atoms with Gasteiger partial charge in [0.05, 0.1) is 13.2 Å². The lowest BCUT2D eigenvalue weighted by Gasteiger charge is -2.38. The molecule has 1 spiro atoms. The molecule has 2 aliphatic heterocycles. The summed E-state index contributed by atoms with van der Waals surface area (Å²) >= 11 is 0. The van der Waals surface area contributed by atoms with E-state index in [4.69, 9.17) is 9.47 Å². The quantitative estimate of drug-likeness (QED) is 0.715. The molecule has 3 fully saturated rings. The zero-order valence-electron chi connectivity index (χ0n) is 18.6. The Hall–Kier alpha value is -2.45. The van der Waals surface area contributed by atoms with Crippen molar-refractivity contribution in [3.05, 3.63) is 36.3 Å². The van der Waals surface area contributed by atoms with Crippen LogP contribution in [0.15, 0.2) is 30.6 Å². The summed E-state index contributed by atoms with van der Waals surface area (Å²) in [4.78, 5) is 34.8. The van der Waals surface area contributed by atoms with Crippen LogP contribution in [0, 0.1) is 5.92 Å². The molecule has 0 radical (unpaired) electrons. The molecule has 8 nitrogen and oxygen atoms in total. The molecule has 2 aromatic heterocycles. The van der Waals surface area contributed by atoms with Crippen LogP contribution in [0.2, 0.25) is 0 Å². The van der Waals surface area contributed by atoms with Crippen LogP contribution in [-0.2, 0) is 14.3 Å². The third kappa shape index (κ3) is 4.38. The SMILES string of the molecule is O=C(CN(CC1CCCCC1)C(=O)c1cccc2nccn12)N1CCC2(CC1)OCCO2. The highest BCUT2D eigenvalue weighted by Gasteiger charge is 2.41. The van der Waals surface area contributed by atoms with Crippen LogP contribution in [0.3, 0.4) is 0 Å². The number of hydrogen-bond acceptors (Lipinski definition) is 5. The molecule has 0 N–H and O–H groups in total. The van der Waals surface area contributed by atoms with Gasteiger partial charge in [-0.2, -0.15) is 0 Å². The van der Waals surface area contributed by atoms with Crippen LogP contribution in [0.5, 0.6) is 0 Å². The number of pyridine rings is 1. The number of aromatic nitrogens is 2. The van der Waals surface area contributed by atoms with Gasteiger partial charge in [0.2, 0.25) is 5.91 Å². The average molecular weight is 441 g/mol. The Balaban J connectivity index is 1.31. The third-order valence-corrected chi connectivity index (χ3v) is 7.16.